The summed E-state index contributed by atoms with van der Waals surface area (Å²) >= 11 is 1.62. The lowest BCUT2D eigenvalue weighted by molar-refractivity contribution is -0.118. The monoisotopic (exact) mass is 253 g/mol. The van der Waals surface area contributed by atoms with Crippen molar-refractivity contribution in [2.75, 3.05) is 13.1 Å². The molecule has 17 heavy (non-hydrogen) atoms. The molecule has 0 aromatic carbocycles. The minimum Gasteiger partial charge on any atom is -0.335 e. The summed E-state index contributed by atoms with van der Waals surface area (Å²) < 4.78 is 0. The first-order valence-electron chi connectivity index (χ1n) is 6.15. The van der Waals surface area contributed by atoms with Gasteiger partial charge in [-0.15, -0.1) is 11.3 Å². The summed E-state index contributed by atoms with van der Waals surface area (Å²) in [5.41, 5.74) is 2.88. The van der Waals surface area contributed by atoms with Crippen molar-refractivity contribution in [2.45, 2.75) is 39.3 Å². The number of carbonyl (C=O) groups excluding carboxylic acids is 1. The largest absolute Gasteiger partial charge is 0.335 e. The topological polar surface area (TPSA) is 45.2 Å². The van der Waals surface area contributed by atoms with E-state index in [4.69, 9.17) is 0 Å². The summed E-state index contributed by atoms with van der Waals surface area (Å²) in [5.74, 6) is 0.124. The van der Waals surface area contributed by atoms with Gasteiger partial charge in [0, 0.05) is 6.54 Å². The Morgan fingerprint density at radius 1 is 1.59 bits per heavy atom. The Morgan fingerprint density at radius 3 is 3.06 bits per heavy atom. The van der Waals surface area contributed by atoms with Crippen molar-refractivity contribution in [3.63, 3.8) is 0 Å². The van der Waals surface area contributed by atoms with Crippen LogP contribution in [0.2, 0.25) is 0 Å². The quantitative estimate of drug-likeness (QED) is 0.817. The lowest BCUT2D eigenvalue weighted by Gasteiger charge is -2.22. The Hall–Kier alpha value is -0.940. The Bertz CT molecular complexity index is 391. The zero-order chi connectivity index (χ0) is 12.3. The van der Waals surface area contributed by atoms with Crippen molar-refractivity contribution in [2.24, 2.45) is 0 Å². The third kappa shape index (κ3) is 2.84. The molecule has 1 aliphatic heterocycles. The van der Waals surface area contributed by atoms with E-state index in [9.17, 15) is 4.79 Å². The van der Waals surface area contributed by atoms with Crippen LogP contribution in [0, 0.1) is 6.92 Å². The molecule has 2 heterocycles. The van der Waals surface area contributed by atoms with Crippen LogP contribution >= 0.6 is 11.3 Å². The first-order valence-corrected chi connectivity index (χ1v) is 7.03. The number of aryl methyl sites for hydroxylation is 1. The Labute approximate surface area is 106 Å². The van der Waals surface area contributed by atoms with Gasteiger partial charge in [-0.25, -0.2) is 4.98 Å². The van der Waals surface area contributed by atoms with Crippen LogP contribution in [0.4, 0.5) is 0 Å². The second-order valence-electron chi connectivity index (χ2n) is 4.45. The molecule has 0 aliphatic carbocycles. The van der Waals surface area contributed by atoms with Crippen LogP contribution in [-0.2, 0) is 4.79 Å². The molecule has 0 unspecified atom stereocenters. The van der Waals surface area contributed by atoms with E-state index in [0.717, 1.165) is 18.7 Å². The van der Waals surface area contributed by atoms with Crippen LogP contribution in [0.5, 0.6) is 0 Å². The lowest BCUT2D eigenvalue weighted by atomic mass is 10.2. The molecule has 94 valence electrons. The molecule has 5 heteroatoms. The van der Waals surface area contributed by atoms with Gasteiger partial charge in [0.15, 0.2) is 0 Å². The Kier molecular flexibility index (Phi) is 4.12. The molecule has 2 rings (SSSR count). The van der Waals surface area contributed by atoms with Gasteiger partial charge in [0.05, 0.1) is 22.6 Å². The molecule has 0 saturated carbocycles. The van der Waals surface area contributed by atoms with Gasteiger partial charge in [0.25, 0.3) is 0 Å². The first-order chi connectivity index (χ1) is 8.22. The Balaban J connectivity index is 2.04. The number of nitrogens with zero attached hydrogens (tertiary/aromatic N) is 2. The minimum absolute atomic E-state index is 0.0480. The summed E-state index contributed by atoms with van der Waals surface area (Å²) in [6.07, 6.45) is 3.63. The molecule has 1 saturated heterocycles. The highest BCUT2D eigenvalue weighted by molar-refractivity contribution is 7.09. The first kappa shape index (κ1) is 12.5. The summed E-state index contributed by atoms with van der Waals surface area (Å²) in [4.78, 5) is 19.2. The molecule has 0 spiro atoms. The van der Waals surface area contributed by atoms with E-state index in [1.54, 1.807) is 11.3 Å². The smallest absolute Gasteiger partial charge is 0.235 e. The summed E-state index contributed by atoms with van der Waals surface area (Å²) in [5, 5.41) is 3.03. The number of hydrogen-bond donors (Lipinski definition) is 1. The molecule has 0 bridgehead atoms. The number of thiazole rings is 1. The zero-order valence-corrected chi connectivity index (χ0v) is 11.2. The highest BCUT2D eigenvalue weighted by atomic mass is 32.1. The molecule has 0 radical (unpaired) electrons. The zero-order valence-electron chi connectivity index (χ0n) is 10.4. The number of hydrogen-bond acceptors (Lipinski definition) is 4. The van der Waals surface area contributed by atoms with Crippen molar-refractivity contribution in [3.05, 3.63) is 16.1 Å². The van der Waals surface area contributed by atoms with Crippen LogP contribution in [0.15, 0.2) is 5.51 Å². The number of amides is 1. The van der Waals surface area contributed by atoms with Crippen LogP contribution in [-0.4, -0.2) is 28.9 Å². The fourth-order valence-corrected chi connectivity index (χ4v) is 3.03. The van der Waals surface area contributed by atoms with Gasteiger partial charge in [-0.05, 0) is 13.3 Å². The molecule has 1 atom stereocenters. The Morgan fingerprint density at radius 2 is 2.41 bits per heavy atom. The van der Waals surface area contributed by atoms with E-state index in [0.29, 0.717) is 6.54 Å². The minimum atomic E-state index is 0.0480. The lowest BCUT2D eigenvalue weighted by Crippen LogP contribution is -2.28. The molecule has 1 N–H and O–H groups in total. The maximum absolute atomic E-state index is 11.5. The maximum atomic E-state index is 11.5. The van der Waals surface area contributed by atoms with E-state index in [1.807, 2.05) is 12.4 Å². The molecular formula is C12H19N3OS. The summed E-state index contributed by atoms with van der Waals surface area (Å²) in [6.45, 7) is 5.69. The molecule has 1 aromatic heterocycles. The molecule has 1 fully saturated rings. The second-order valence-corrected chi connectivity index (χ2v) is 5.34. The summed E-state index contributed by atoms with van der Waals surface area (Å²) in [7, 11) is 0. The standard InChI is InChI=1S/C12H19N3OS/c1-3-4-5-6-15-7-10(16)14-12(15)11-9(2)13-8-17-11/h8,12H,3-7H2,1-2H3,(H,14,16)/t12-/m1/s1. The molecule has 1 aromatic rings. The normalized spacial score (nSPS) is 20.8. The average Bonchev–Trinajstić information content (AvgIpc) is 2.85. The van der Waals surface area contributed by atoms with Crippen molar-refractivity contribution in [1.82, 2.24) is 15.2 Å². The van der Waals surface area contributed by atoms with E-state index < -0.39 is 0 Å². The van der Waals surface area contributed by atoms with Gasteiger partial charge in [-0.1, -0.05) is 19.8 Å². The fraction of sp³-hybridized carbons (Fsp3) is 0.667. The average molecular weight is 253 g/mol. The summed E-state index contributed by atoms with van der Waals surface area (Å²) in [6, 6.07) is 0. The third-order valence-corrected chi connectivity index (χ3v) is 4.07. The number of nitrogens with one attached hydrogen (secondary N) is 1. The maximum Gasteiger partial charge on any atom is 0.235 e. The second kappa shape index (κ2) is 5.60. The number of rotatable bonds is 5. The van der Waals surface area contributed by atoms with Crippen LogP contribution in [0.25, 0.3) is 0 Å². The van der Waals surface area contributed by atoms with Crippen LogP contribution in [0.1, 0.15) is 42.9 Å². The molecule has 1 aliphatic rings. The van der Waals surface area contributed by atoms with Gasteiger partial charge in [-0.3, -0.25) is 9.69 Å². The number of aromatic nitrogens is 1. The fourth-order valence-electron chi connectivity index (χ4n) is 2.14. The van der Waals surface area contributed by atoms with Crippen molar-refractivity contribution in [1.29, 1.82) is 0 Å². The van der Waals surface area contributed by atoms with Gasteiger partial charge in [-0.2, -0.15) is 0 Å². The van der Waals surface area contributed by atoms with Gasteiger partial charge < -0.3 is 5.32 Å². The van der Waals surface area contributed by atoms with Crippen molar-refractivity contribution in [3.8, 4) is 0 Å². The van der Waals surface area contributed by atoms with Gasteiger partial charge >= 0.3 is 0 Å². The highest BCUT2D eigenvalue weighted by Gasteiger charge is 2.32. The van der Waals surface area contributed by atoms with Gasteiger partial charge in [0.2, 0.25) is 5.91 Å². The SMILES string of the molecule is CCCCCN1CC(=O)N[C@H]1c1scnc1C. The molecule has 4 nitrogen and oxygen atoms in total. The van der Waals surface area contributed by atoms with Gasteiger partial charge in [0.1, 0.15) is 6.17 Å². The van der Waals surface area contributed by atoms with E-state index >= 15 is 0 Å². The predicted octanol–water partition coefficient (Wildman–Crippen LogP) is 2.07. The predicted molar refractivity (Wildman–Crippen MR) is 68.8 cm³/mol. The number of carbonyl (C=O) groups is 1. The third-order valence-electron chi connectivity index (χ3n) is 3.09. The molecule has 1 amide bonds. The van der Waals surface area contributed by atoms with E-state index in [1.165, 1.54) is 17.7 Å². The number of unbranched alkanes of at least 4 members (excludes halogenated alkanes) is 2. The van der Waals surface area contributed by atoms with Crippen molar-refractivity contribution >= 4 is 17.2 Å². The van der Waals surface area contributed by atoms with Crippen LogP contribution in [0.3, 0.4) is 0 Å². The van der Waals surface area contributed by atoms with E-state index in [-0.39, 0.29) is 12.1 Å². The van der Waals surface area contributed by atoms with Crippen molar-refractivity contribution < 1.29 is 4.79 Å². The molecular weight excluding hydrogens is 234 g/mol. The highest BCUT2D eigenvalue weighted by Crippen LogP contribution is 2.28. The van der Waals surface area contributed by atoms with Crippen LogP contribution < -0.4 is 5.32 Å². The van der Waals surface area contributed by atoms with E-state index in [2.05, 4.69) is 22.1 Å².